The maximum Gasteiger partial charge on any atom is 0.157 e. The number of thioether (sulfide) groups is 1. The van der Waals surface area contributed by atoms with E-state index in [4.69, 9.17) is 4.99 Å². The van der Waals surface area contributed by atoms with Crippen LogP contribution in [-0.4, -0.2) is 23.0 Å². The number of aliphatic imine (C=N–C) groups is 1. The van der Waals surface area contributed by atoms with Crippen LogP contribution in [0.2, 0.25) is 0 Å². The summed E-state index contributed by atoms with van der Waals surface area (Å²) < 4.78 is 0. The van der Waals surface area contributed by atoms with Gasteiger partial charge in [0.1, 0.15) is 0 Å². The predicted octanol–water partition coefficient (Wildman–Crippen LogP) is 4.06. The van der Waals surface area contributed by atoms with Crippen LogP contribution in [0.25, 0.3) is 0 Å². The van der Waals surface area contributed by atoms with Crippen molar-refractivity contribution in [2.24, 2.45) is 28.7 Å². The number of hydrogen-bond donors (Lipinski definition) is 1. The van der Waals surface area contributed by atoms with Crippen molar-refractivity contribution in [3.8, 4) is 0 Å². The lowest BCUT2D eigenvalue weighted by Crippen LogP contribution is -2.47. The van der Waals surface area contributed by atoms with Gasteiger partial charge in [-0.1, -0.05) is 37.9 Å². The normalized spacial score (nSPS) is 49.1. The van der Waals surface area contributed by atoms with Crippen LogP contribution >= 0.6 is 11.8 Å². The molecule has 0 radical (unpaired) electrons. The van der Waals surface area contributed by atoms with E-state index >= 15 is 0 Å². The Morgan fingerprint density at radius 2 is 2.25 bits per heavy atom. The fraction of sp³-hybridized carbons (Fsp3) is 0.941. The third kappa shape index (κ3) is 2.51. The summed E-state index contributed by atoms with van der Waals surface area (Å²) in [4.78, 5) is 4.97. The highest BCUT2D eigenvalue weighted by Gasteiger charge is 2.41. The lowest BCUT2D eigenvalue weighted by molar-refractivity contribution is 0.242. The summed E-state index contributed by atoms with van der Waals surface area (Å²) in [6.45, 7) is 3.51. The Hall–Kier alpha value is -0.180. The number of amidine groups is 1. The van der Waals surface area contributed by atoms with Gasteiger partial charge in [0.05, 0.1) is 0 Å². The van der Waals surface area contributed by atoms with Crippen LogP contribution in [0.5, 0.6) is 0 Å². The molecule has 2 bridgehead atoms. The Labute approximate surface area is 127 Å². The van der Waals surface area contributed by atoms with E-state index in [1.165, 1.54) is 62.3 Å². The Morgan fingerprint density at radius 3 is 3.00 bits per heavy atom. The summed E-state index contributed by atoms with van der Waals surface area (Å²) in [5.74, 6) is 5.12. The van der Waals surface area contributed by atoms with Gasteiger partial charge in [0, 0.05) is 17.8 Å². The third-order valence-corrected chi connectivity index (χ3v) is 7.50. The fourth-order valence-corrected chi connectivity index (χ4v) is 6.50. The molecule has 112 valence electrons. The van der Waals surface area contributed by atoms with Crippen LogP contribution in [0.15, 0.2) is 4.99 Å². The zero-order chi connectivity index (χ0) is 13.6. The first kappa shape index (κ1) is 13.5. The lowest BCUT2D eigenvalue weighted by atomic mass is 9.78. The van der Waals surface area contributed by atoms with Crippen LogP contribution < -0.4 is 5.32 Å². The molecule has 4 aliphatic rings. The van der Waals surface area contributed by atoms with Gasteiger partial charge < -0.3 is 5.32 Å². The van der Waals surface area contributed by atoms with Gasteiger partial charge in [-0.05, 0) is 55.8 Å². The van der Waals surface area contributed by atoms with Crippen molar-refractivity contribution in [3.05, 3.63) is 0 Å². The molecule has 1 spiro atoms. The van der Waals surface area contributed by atoms with E-state index in [1.54, 1.807) is 0 Å². The smallest absolute Gasteiger partial charge is 0.157 e. The highest BCUT2D eigenvalue weighted by atomic mass is 32.2. The van der Waals surface area contributed by atoms with E-state index in [2.05, 4.69) is 12.2 Å². The summed E-state index contributed by atoms with van der Waals surface area (Å²) in [5, 5.41) is 5.08. The van der Waals surface area contributed by atoms with Crippen LogP contribution in [0.4, 0.5) is 0 Å². The second-order valence-electron chi connectivity index (χ2n) is 7.98. The van der Waals surface area contributed by atoms with Gasteiger partial charge in [-0.3, -0.25) is 4.99 Å². The van der Waals surface area contributed by atoms with Crippen LogP contribution in [0, 0.1) is 23.7 Å². The Kier molecular flexibility index (Phi) is 3.52. The van der Waals surface area contributed by atoms with Crippen molar-refractivity contribution in [2.45, 2.75) is 63.8 Å². The van der Waals surface area contributed by atoms with Crippen molar-refractivity contribution in [1.82, 2.24) is 5.32 Å². The van der Waals surface area contributed by atoms with Gasteiger partial charge in [-0.2, -0.15) is 0 Å². The van der Waals surface area contributed by atoms with Gasteiger partial charge in [-0.15, -0.1) is 0 Å². The zero-order valence-corrected chi connectivity index (χ0v) is 13.6. The minimum absolute atomic E-state index is 0.399. The van der Waals surface area contributed by atoms with Crippen LogP contribution in [0.3, 0.4) is 0 Å². The molecular weight excluding hydrogens is 264 g/mol. The molecule has 3 heteroatoms. The minimum atomic E-state index is 0.399. The van der Waals surface area contributed by atoms with Gasteiger partial charge in [-0.25, -0.2) is 0 Å². The maximum absolute atomic E-state index is 4.97. The Balaban J connectivity index is 1.35. The van der Waals surface area contributed by atoms with Crippen LogP contribution in [-0.2, 0) is 0 Å². The first-order valence-corrected chi connectivity index (χ1v) is 9.66. The monoisotopic (exact) mass is 292 g/mol. The Bertz CT molecular complexity index is 408. The standard InChI is InChI=1S/C17H28N2S/c1-12-3-2-6-17(9-12)11-20-16(19-17)18-10-15-8-13-4-5-14(15)7-13/h12-15H,2-11H2,1H3,(H,18,19). The predicted molar refractivity (Wildman–Crippen MR) is 87.2 cm³/mol. The molecule has 0 aromatic carbocycles. The van der Waals surface area contributed by atoms with Gasteiger partial charge in [0.2, 0.25) is 0 Å². The summed E-state index contributed by atoms with van der Waals surface area (Å²) in [5.41, 5.74) is 0.399. The highest BCUT2D eigenvalue weighted by Crippen LogP contribution is 2.48. The molecule has 20 heavy (non-hydrogen) atoms. The summed E-state index contributed by atoms with van der Waals surface area (Å²) in [6, 6.07) is 0. The molecule has 1 N–H and O–H groups in total. The molecule has 1 aliphatic heterocycles. The zero-order valence-electron chi connectivity index (χ0n) is 12.7. The highest BCUT2D eigenvalue weighted by molar-refractivity contribution is 8.14. The second kappa shape index (κ2) is 5.23. The summed E-state index contributed by atoms with van der Waals surface area (Å²) in [6.07, 6.45) is 11.5. The SMILES string of the molecule is CC1CCCC2(CSC(=NCC3CC4CCC3C4)N2)C1. The number of nitrogens with one attached hydrogen (secondary N) is 1. The third-order valence-electron chi connectivity index (χ3n) is 6.30. The van der Waals surface area contributed by atoms with E-state index in [1.807, 2.05) is 11.8 Å². The lowest BCUT2D eigenvalue weighted by Gasteiger charge is -2.36. The van der Waals surface area contributed by atoms with Crippen molar-refractivity contribution in [2.75, 3.05) is 12.3 Å². The molecule has 0 amide bonds. The van der Waals surface area contributed by atoms with E-state index in [-0.39, 0.29) is 0 Å². The minimum Gasteiger partial charge on any atom is -0.359 e. The van der Waals surface area contributed by atoms with Crippen LogP contribution in [0.1, 0.15) is 58.3 Å². The van der Waals surface area contributed by atoms with E-state index < -0.39 is 0 Å². The van der Waals surface area contributed by atoms with Gasteiger partial charge in [0.15, 0.2) is 5.17 Å². The summed E-state index contributed by atoms with van der Waals surface area (Å²) >= 11 is 1.99. The molecule has 1 heterocycles. The van der Waals surface area contributed by atoms with Gasteiger partial charge >= 0.3 is 0 Å². The molecule has 3 aliphatic carbocycles. The molecule has 0 aromatic heterocycles. The molecule has 5 atom stereocenters. The largest absolute Gasteiger partial charge is 0.359 e. The summed E-state index contributed by atoms with van der Waals surface area (Å²) in [7, 11) is 0. The van der Waals surface area contributed by atoms with E-state index in [0.717, 1.165) is 30.2 Å². The van der Waals surface area contributed by atoms with E-state index in [9.17, 15) is 0 Å². The topological polar surface area (TPSA) is 24.4 Å². The van der Waals surface area contributed by atoms with Crippen molar-refractivity contribution in [3.63, 3.8) is 0 Å². The van der Waals surface area contributed by atoms with Crippen molar-refractivity contribution >= 4 is 16.9 Å². The van der Waals surface area contributed by atoms with E-state index in [0.29, 0.717) is 5.54 Å². The first-order valence-electron chi connectivity index (χ1n) is 8.68. The molecule has 5 unspecified atom stereocenters. The average molecular weight is 292 g/mol. The number of hydrogen-bond acceptors (Lipinski definition) is 2. The number of rotatable bonds is 2. The van der Waals surface area contributed by atoms with Crippen molar-refractivity contribution in [1.29, 1.82) is 0 Å². The second-order valence-corrected chi connectivity index (χ2v) is 8.94. The Morgan fingerprint density at radius 1 is 1.30 bits per heavy atom. The quantitative estimate of drug-likeness (QED) is 0.830. The fourth-order valence-electron chi connectivity index (χ4n) is 5.30. The van der Waals surface area contributed by atoms with Gasteiger partial charge in [0.25, 0.3) is 0 Å². The average Bonchev–Trinajstić information content (AvgIpc) is 3.12. The molecular formula is C17H28N2S. The molecule has 4 fully saturated rings. The molecule has 3 saturated carbocycles. The number of nitrogens with zero attached hydrogens (tertiary/aromatic N) is 1. The molecule has 0 aromatic rings. The molecule has 1 saturated heterocycles. The molecule has 4 rings (SSSR count). The number of fused-ring (bicyclic) bond motifs is 2. The maximum atomic E-state index is 4.97. The first-order chi connectivity index (χ1) is 9.72. The molecule has 2 nitrogen and oxygen atoms in total. The van der Waals surface area contributed by atoms with Crippen molar-refractivity contribution < 1.29 is 0 Å².